The van der Waals surface area contributed by atoms with E-state index in [1.165, 1.54) is 31.5 Å². The summed E-state index contributed by atoms with van der Waals surface area (Å²) >= 11 is 0. The molecule has 1 aromatic rings. The zero-order valence-corrected chi connectivity index (χ0v) is 12.4. The number of likely N-dealkylation sites (tertiary alicyclic amines) is 1. The van der Waals surface area contributed by atoms with Crippen LogP contribution in [0.4, 0.5) is 0 Å². The lowest BCUT2D eigenvalue weighted by molar-refractivity contribution is 0.105. The van der Waals surface area contributed by atoms with Gasteiger partial charge in [0.05, 0.1) is 6.10 Å². The van der Waals surface area contributed by atoms with E-state index in [2.05, 4.69) is 47.5 Å². The van der Waals surface area contributed by atoms with Crippen LogP contribution in [-0.2, 0) is 11.3 Å². The van der Waals surface area contributed by atoms with Crippen molar-refractivity contribution in [3.8, 4) is 0 Å². The van der Waals surface area contributed by atoms with Crippen LogP contribution in [0.1, 0.15) is 25.3 Å². The number of benzene rings is 1. The molecule has 3 rings (SSSR count). The quantitative estimate of drug-likeness (QED) is 0.891. The average Bonchev–Trinajstić information content (AvgIpc) is 3.07. The summed E-state index contributed by atoms with van der Waals surface area (Å²) in [4.78, 5) is 2.56. The molecule has 1 aromatic carbocycles. The molecule has 0 bridgehead atoms. The molecule has 2 fully saturated rings. The summed E-state index contributed by atoms with van der Waals surface area (Å²) in [5.74, 6) is 0.707. The highest BCUT2D eigenvalue weighted by molar-refractivity contribution is 5.14. The van der Waals surface area contributed by atoms with E-state index >= 15 is 0 Å². The highest BCUT2D eigenvalue weighted by Crippen LogP contribution is 2.20. The van der Waals surface area contributed by atoms with Crippen LogP contribution in [0.15, 0.2) is 30.3 Å². The Labute approximate surface area is 122 Å². The number of nitrogens with one attached hydrogen (secondary N) is 1. The van der Waals surface area contributed by atoms with Crippen LogP contribution in [-0.4, -0.2) is 43.3 Å². The van der Waals surface area contributed by atoms with Gasteiger partial charge in [-0.3, -0.25) is 4.90 Å². The maximum atomic E-state index is 5.63. The fourth-order valence-corrected chi connectivity index (χ4v) is 3.35. The lowest BCUT2D eigenvalue weighted by atomic mass is 10.0. The molecule has 2 aliphatic rings. The SMILES string of the molecule is CC1OCCC1CNC1CCN(Cc2ccccc2)C1. The first-order valence-electron chi connectivity index (χ1n) is 7.92. The maximum absolute atomic E-state index is 5.63. The summed E-state index contributed by atoms with van der Waals surface area (Å²) in [5, 5.41) is 3.75. The standard InChI is InChI=1S/C17H26N2O/c1-14-16(8-10-20-14)11-18-17-7-9-19(13-17)12-15-5-3-2-4-6-15/h2-6,14,16-18H,7-13H2,1H3. The number of hydrogen-bond donors (Lipinski definition) is 1. The molecule has 3 unspecified atom stereocenters. The average molecular weight is 274 g/mol. The molecule has 3 heteroatoms. The van der Waals surface area contributed by atoms with Crippen LogP contribution in [0, 0.1) is 5.92 Å². The number of hydrogen-bond acceptors (Lipinski definition) is 3. The molecule has 0 spiro atoms. The zero-order chi connectivity index (χ0) is 13.8. The Hall–Kier alpha value is -0.900. The minimum Gasteiger partial charge on any atom is -0.378 e. The molecule has 0 aromatic heterocycles. The minimum absolute atomic E-state index is 0.435. The first-order chi connectivity index (χ1) is 9.81. The van der Waals surface area contributed by atoms with Crippen molar-refractivity contribution in [2.75, 3.05) is 26.2 Å². The van der Waals surface area contributed by atoms with Gasteiger partial charge in [-0.15, -0.1) is 0 Å². The third-order valence-electron chi connectivity index (χ3n) is 4.72. The molecule has 0 amide bonds. The maximum Gasteiger partial charge on any atom is 0.0588 e. The van der Waals surface area contributed by atoms with Crippen molar-refractivity contribution in [1.29, 1.82) is 0 Å². The Morgan fingerprint density at radius 3 is 2.85 bits per heavy atom. The molecule has 2 heterocycles. The van der Waals surface area contributed by atoms with Crippen LogP contribution in [0.5, 0.6) is 0 Å². The highest BCUT2D eigenvalue weighted by atomic mass is 16.5. The molecule has 0 saturated carbocycles. The molecule has 0 aliphatic carbocycles. The zero-order valence-electron chi connectivity index (χ0n) is 12.4. The molecule has 3 atom stereocenters. The summed E-state index contributed by atoms with van der Waals surface area (Å²) in [5.41, 5.74) is 1.42. The molecule has 2 saturated heterocycles. The van der Waals surface area contributed by atoms with Crippen LogP contribution in [0.25, 0.3) is 0 Å². The Balaban J connectivity index is 1.41. The van der Waals surface area contributed by atoms with Gasteiger partial charge in [0.2, 0.25) is 0 Å². The van der Waals surface area contributed by atoms with Crippen molar-refractivity contribution in [3.63, 3.8) is 0 Å². The van der Waals surface area contributed by atoms with Crippen molar-refractivity contribution < 1.29 is 4.74 Å². The Kier molecular flexibility index (Phi) is 4.71. The van der Waals surface area contributed by atoms with E-state index in [1.807, 2.05) is 0 Å². The predicted molar refractivity (Wildman–Crippen MR) is 81.6 cm³/mol. The van der Waals surface area contributed by atoms with E-state index in [1.54, 1.807) is 0 Å². The van der Waals surface area contributed by atoms with E-state index in [-0.39, 0.29) is 0 Å². The molecular weight excluding hydrogens is 248 g/mol. The van der Waals surface area contributed by atoms with Gasteiger partial charge in [-0.25, -0.2) is 0 Å². The van der Waals surface area contributed by atoms with Gasteiger partial charge in [0, 0.05) is 38.8 Å². The van der Waals surface area contributed by atoms with Crippen molar-refractivity contribution in [3.05, 3.63) is 35.9 Å². The number of nitrogens with zero attached hydrogens (tertiary/aromatic N) is 1. The lowest BCUT2D eigenvalue weighted by Gasteiger charge is -2.20. The summed E-state index contributed by atoms with van der Waals surface area (Å²) in [6, 6.07) is 11.4. The van der Waals surface area contributed by atoms with Gasteiger partial charge >= 0.3 is 0 Å². The Bertz CT molecular complexity index is 409. The van der Waals surface area contributed by atoms with Gasteiger partial charge in [-0.2, -0.15) is 0 Å². The predicted octanol–water partition coefficient (Wildman–Crippen LogP) is 2.28. The van der Waals surface area contributed by atoms with E-state index in [4.69, 9.17) is 4.74 Å². The Morgan fingerprint density at radius 2 is 2.10 bits per heavy atom. The van der Waals surface area contributed by atoms with Crippen LogP contribution < -0.4 is 5.32 Å². The number of rotatable bonds is 5. The van der Waals surface area contributed by atoms with Crippen molar-refractivity contribution >= 4 is 0 Å². The molecular formula is C17H26N2O. The van der Waals surface area contributed by atoms with E-state index in [0.29, 0.717) is 18.1 Å². The number of ether oxygens (including phenoxy) is 1. The van der Waals surface area contributed by atoms with Gasteiger partial charge in [-0.1, -0.05) is 30.3 Å². The monoisotopic (exact) mass is 274 g/mol. The summed E-state index contributed by atoms with van der Waals surface area (Å²) in [6.07, 6.45) is 2.92. The highest BCUT2D eigenvalue weighted by Gasteiger charge is 2.27. The van der Waals surface area contributed by atoms with Gasteiger partial charge in [-0.05, 0) is 31.2 Å². The third kappa shape index (κ3) is 3.60. The second kappa shape index (κ2) is 6.70. The first kappa shape index (κ1) is 14.1. The summed E-state index contributed by atoms with van der Waals surface area (Å²) in [6.45, 7) is 7.74. The van der Waals surface area contributed by atoms with Crippen LogP contribution in [0.2, 0.25) is 0 Å². The first-order valence-corrected chi connectivity index (χ1v) is 7.92. The van der Waals surface area contributed by atoms with E-state index in [0.717, 1.165) is 19.7 Å². The summed E-state index contributed by atoms with van der Waals surface area (Å²) < 4.78 is 5.63. The normalized spacial score (nSPS) is 30.9. The molecule has 3 nitrogen and oxygen atoms in total. The Morgan fingerprint density at radius 1 is 1.25 bits per heavy atom. The van der Waals surface area contributed by atoms with Gasteiger partial charge < -0.3 is 10.1 Å². The van der Waals surface area contributed by atoms with Gasteiger partial charge in [0.15, 0.2) is 0 Å². The molecule has 110 valence electrons. The molecule has 0 radical (unpaired) electrons. The van der Waals surface area contributed by atoms with Crippen molar-refractivity contribution in [2.24, 2.45) is 5.92 Å². The molecule has 2 aliphatic heterocycles. The third-order valence-corrected chi connectivity index (χ3v) is 4.72. The fraction of sp³-hybridized carbons (Fsp3) is 0.647. The van der Waals surface area contributed by atoms with E-state index < -0.39 is 0 Å². The second-order valence-corrected chi connectivity index (χ2v) is 6.24. The van der Waals surface area contributed by atoms with Gasteiger partial charge in [0.25, 0.3) is 0 Å². The summed E-state index contributed by atoms with van der Waals surface area (Å²) in [7, 11) is 0. The van der Waals surface area contributed by atoms with Crippen molar-refractivity contribution in [1.82, 2.24) is 10.2 Å². The topological polar surface area (TPSA) is 24.5 Å². The van der Waals surface area contributed by atoms with Crippen LogP contribution in [0.3, 0.4) is 0 Å². The smallest absolute Gasteiger partial charge is 0.0588 e. The minimum atomic E-state index is 0.435. The fourth-order valence-electron chi connectivity index (χ4n) is 3.35. The van der Waals surface area contributed by atoms with Gasteiger partial charge in [0.1, 0.15) is 0 Å². The second-order valence-electron chi connectivity index (χ2n) is 6.24. The van der Waals surface area contributed by atoms with Crippen molar-refractivity contribution in [2.45, 2.75) is 38.5 Å². The lowest BCUT2D eigenvalue weighted by Crippen LogP contribution is -2.37. The van der Waals surface area contributed by atoms with Crippen LogP contribution >= 0.6 is 0 Å². The molecule has 1 N–H and O–H groups in total. The largest absolute Gasteiger partial charge is 0.378 e. The molecule has 20 heavy (non-hydrogen) atoms. The van der Waals surface area contributed by atoms with E-state index in [9.17, 15) is 0 Å².